The van der Waals surface area contributed by atoms with Crippen LogP contribution in [0.3, 0.4) is 0 Å². The summed E-state index contributed by atoms with van der Waals surface area (Å²) in [6.07, 6.45) is 0. The Kier molecular flexibility index (Phi) is 1.20. The number of hydrogen-bond acceptors (Lipinski definition) is 1. The average Bonchev–Trinajstić information content (AvgIpc) is 0.811. The third-order valence-electron chi connectivity index (χ3n) is 0. The van der Waals surface area contributed by atoms with Gasteiger partial charge < -0.3 is 5.73 Å². The highest BCUT2D eigenvalue weighted by atomic mass is 28.1. The van der Waals surface area contributed by atoms with Crippen molar-refractivity contribution in [3.05, 3.63) is 0 Å². The summed E-state index contributed by atoms with van der Waals surface area (Å²) in [7, 11) is 3.01. The van der Waals surface area contributed by atoms with Gasteiger partial charge in [0.2, 0.25) is 0 Å². The molecule has 0 spiro atoms. The molecular weight excluding hydrogens is 66.1 g/mol. The Morgan fingerprint density at radius 2 is 2.00 bits per heavy atom. The Labute approximate surface area is 28.9 Å². The maximum Gasteiger partial charge on any atom is 0.0573 e. The van der Waals surface area contributed by atoms with Crippen LogP contribution in [0.15, 0.2) is 0 Å². The number of nitrogens with two attached hydrogens (primary N) is 1. The molecule has 0 saturated carbocycles. The van der Waals surface area contributed by atoms with Crippen molar-refractivity contribution in [2.45, 2.75) is 6.92 Å². The predicted octanol–water partition coefficient (Wildman–Crippen LogP) is -0.737. The third-order valence-corrected chi connectivity index (χ3v) is 0. The summed E-state index contributed by atoms with van der Waals surface area (Å²) in [6, 6.07) is 0. The molecule has 2 N–H and O–H groups in total. The molecule has 0 rings (SSSR count). The van der Waals surface area contributed by atoms with Gasteiger partial charge in [-0.2, -0.15) is 0 Å². The Hall–Kier alpha value is -0.113. The first-order chi connectivity index (χ1) is 1.73. The molecule has 0 aliphatic rings. The van der Waals surface area contributed by atoms with Gasteiger partial charge in [0.05, 0.1) is 9.85 Å². The van der Waals surface area contributed by atoms with Crippen LogP contribution in [0.2, 0.25) is 0 Å². The van der Waals surface area contributed by atoms with Gasteiger partial charge >= 0.3 is 0 Å². The van der Waals surface area contributed by atoms with Gasteiger partial charge in [0.15, 0.2) is 0 Å². The van der Waals surface area contributed by atoms with Crippen LogP contribution in [0.4, 0.5) is 0 Å². The quantitative estimate of drug-likeness (QED) is 0.374. The van der Waals surface area contributed by atoms with E-state index in [-0.39, 0.29) is 0 Å². The van der Waals surface area contributed by atoms with Crippen LogP contribution in [-0.4, -0.2) is 15.1 Å². The fourth-order valence-electron chi connectivity index (χ4n) is 0. The second-order valence-corrected chi connectivity index (χ2v) is 1.47. The first-order valence-corrected chi connectivity index (χ1v) is 1.54. The largest absolute Gasteiger partial charge is 0.406 e. The molecule has 0 aromatic carbocycles. The van der Waals surface area contributed by atoms with Crippen LogP contribution in [0.5, 0.6) is 0 Å². The van der Waals surface area contributed by atoms with Crippen molar-refractivity contribution in [3.8, 4) is 0 Å². The molecule has 0 aromatic rings. The molecule has 0 aliphatic heterocycles. The molecule has 1 nitrogen and oxygen atoms in total. The molecule has 0 unspecified atom stereocenters. The Morgan fingerprint density at radius 3 is 2.00 bits per heavy atom. The van der Waals surface area contributed by atoms with Crippen LogP contribution in [0.1, 0.15) is 6.92 Å². The van der Waals surface area contributed by atoms with Gasteiger partial charge in [0.1, 0.15) is 0 Å². The summed E-state index contributed by atoms with van der Waals surface area (Å²) in [4.78, 5) is 0. The SMILES string of the molecule is CC(N)=[Si]. The summed E-state index contributed by atoms with van der Waals surface area (Å²) in [5, 5.41) is 0.722. The summed E-state index contributed by atoms with van der Waals surface area (Å²) in [6.45, 7) is 1.77. The summed E-state index contributed by atoms with van der Waals surface area (Å²) in [5.74, 6) is 0. The number of hydrogen-bond donors (Lipinski definition) is 1. The summed E-state index contributed by atoms with van der Waals surface area (Å²) in [5.41, 5.74) is 4.94. The molecule has 0 aliphatic carbocycles. The fourth-order valence-corrected chi connectivity index (χ4v) is 0. The highest BCUT2D eigenvalue weighted by Crippen LogP contribution is 1.31. The van der Waals surface area contributed by atoms with Gasteiger partial charge in [0.25, 0.3) is 0 Å². The number of rotatable bonds is 0. The van der Waals surface area contributed by atoms with E-state index in [4.69, 9.17) is 5.73 Å². The molecule has 0 saturated heterocycles. The van der Waals surface area contributed by atoms with Crippen LogP contribution >= 0.6 is 0 Å². The van der Waals surface area contributed by atoms with Crippen molar-refractivity contribution in [2.75, 3.05) is 0 Å². The minimum Gasteiger partial charge on any atom is -0.406 e. The zero-order valence-corrected chi connectivity index (χ0v) is 3.58. The minimum absolute atomic E-state index is 0.722. The highest BCUT2D eigenvalue weighted by Gasteiger charge is 1.50. The lowest BCUT2D eigenvalue weighted by atomic mass is 10.8. The minimum atomic E-state index is 0.722. The maximum absolute atomic E-state index is 4.94. The Balaban J connectivity index is 2.80. The Morgan fingerprint density at radius 1 is 2.00 bits per heavy atom. The van der Waals surface area contributed by atoms with E-state index in [1.807, 2.05) is 0 Å². The second-order valence-electron chi connectivity index (χ2n) is 0.683. The smallest absolute Gasteiger partial charge is 0.0573 e. The van der Waals surface area contributed by atoms with E-state index in [9.17, 15) is 0 Å². The van der Waals surface area contributed by atoms with E-state index in [2.05, 4.69) is 9.85 Å². The fraction of sp³-hybridized carbons (Fsp3) is 0.500. The molecule has 22 valence electrons. The van der Waals surface area contributed by atoms with Crippen molar-refractivity contribution < 1.29 is 0 Å². The monoisotopic (exact) mass is 71.0 g/mol. The lowest BCUT2D eigenvalue weighted by Gasteiger charge is -1.69. The molecule has 0 fully saturated rings. The molecule has 2 radical (unpaired) electrons. The summed E-state index contributed by atoms with van der Waals surface area (Å²) < 4.78 is 0. The van der Waals surface area contributed by atoms with E-state index in [0.29, 0.717) is 0 Å². The zero-order chi connectivity index (χ0) is 3.58. The van der Waals surface area contributed by atoms with Gasteiger partial charge in [-0.1, -0.05) is 0 Å². The van der Waals surface area contributed by atoms with Crippen LogP contribution < -0.4 is 5.73 Å². The lowest BCUT2D eigenvalue weighted by Crippen LogP contribution is -2.03. The Bertz CT molecular complexity index is 29.0. The molecule has 2 heteroatoms. The van der Waals surface area contributed by atoms with Crippen molar-refractivity contribution in [1.82, 2.24) is 0 Å². The average molecular weight is 71.2 g/mol. The van der Waals surface area contributed by atoms with Crippen molar-refractivity contribution in [1.29, 1.82) is 0 Å². The van der Waals surface area contributed by atoms with E-state index in [1.54, 1.807) is 6.92 Å². The second kappa shape index (κ2) is 1.23. The maximum atomic E-state index is 4.94. The topological polar surface area (TPSA) is 26.0 Å². The first-order valence-electron chi connectivity index (χ1n) is 1.04. The first kappa shape index (κ1) is 3.89. The van der Waals surface area contributed by atoms with E-state index >= 15 is 0 Å². The molecule has 0 aromatic heterocycles. The molecule has 4 heavy (non-hydrogen) atoms. The highest BCUT2D eigenvalue weighted by molar-refractivity contribution is 6.35. The molecule has 0 bridgehead atoms. The standard InChI is InChI=1S/C2H5NSi/c1-2(3)4/h3H2,1H3. The van der Waals surface area contributed by atoms with Crippen molar-refractivity contribution in [3.63, 3.8) is 0 Å². The van der Waals surface area contributed by atoms with E-state index in [1.165, 1.54) is 0 Å². The lowest BCUT2D eigenvalue weighted by molar-refractivity contribution is 1.73. The van der Waals surface area contributed by atoms with E-state index in [0.717, 1.165) is 5.29 Å². The van der Waals surface area contributed by atoms with Gasteiger partial charge in [-0.3, -0.25) is 0 Å². The van der Waals surface area contributed by atoms with Gasteiger partial charge in [-0.05, 0) is 12.2 Å². The zero-order valence-electron chi connectivity index (χ0n) is 2.58. The van der Waals surface area contributed by atoms with Crippen LogP contribution in [0.25, 0.3) is 0 Å². The summed E-state index contributed by atoms with van der Waals surface area (Å²) >= 11 is 0. The van der Waals surface area contributed by atoms with Crippen LogP contribution in [0, 0.1) is 0 Å². The third kappa shape index (κ3) is 116. The molecule has 0 atom stereocenters. The molecule has 0 amide bonds. The molecular formula is C2H5NSi. The van der Waals surface area contributed by atoms with Gasteiger partial charge in [-0.15, -0.1) is 0 Å². The van der Waals surface area contributed by atoms with Crippen LogP contribution in [-0.2, 0) is 0 Å². The normalized spacial score (nSPS) is 6.25. The van der Waals surface area contributed by atoms with E-state index < -0.39 is 0 Å². The van der Waals surface area contributed by atoms with Crippen molar-refractivity contribution >= 4 is 15.1 Å². The van der Waals surface area contributed by atoms with Gasteiger partial charge in [-0.25, -0.2) is 0 Å². The predicted molar refractivity (Wildman–Crippen MR) is 20.6 cm³/mol. The molecule has 0 heterocycles. The van der Waals surface area contributed by atoms with Crippen molar-refractivity contribution in [2.24, 2.45) is 5.73 Å². The van der Waals surface area contributed by atoms with Gasteiger partial charge in [0, 0.05) is 0 Å².